The first-order valence-electron chi connectivity index (χ1n) is 11.3. The lowest BCUT2D eigenvalue weighted by atomic mass is 9.97. The summed E-state index contributed by atoms with van der Waals surface area (Å²) in [5, 5.41) is 9.00. The molecule has 2 aromatic carbocycles. The molecule has 1 N–H and O–H groups in total. The van der Waals surface area contributed by atoms with E-state index in [0.29, 0.717) is 32.0 Å². The van der Waals surface area contributed by atoms with Gasteiger partial charge in [-0.05, 0) is 54.3 Å². The molecule has 1 aliphatic heterocycles. The Morgan fingerprint density at radius 2 is 2.09 bits per heavy atom. The van der Waals surface area contributed by atoms with E-state index in [2.05, 4.69) is 4.99 Å². The fraction of sp³-hybridized carbons (Fsp3) is 0.440. The van der Waals surface area contributed by atoms with Crippen LogP contribution < -0.4 is 9.47 Å². The summed E-state index contributed by atoms with van der Waals surface area (Å²) >= 11 is 0. The zero-order valence-corrected chi connectivity index (χ0v) is 20.3. The number of aliphatic imine (C=N–C) groups is 1. The van der Waals surface area contributed by atoms with Crippen LogP contribution >= 0.6 is 0 Å². The maximum atomic E-state index is 11.5. The minimum Gasteiger partial charge on any atom is -0.494 e. The van der Waals surface area contributed by atoms with Gasteiger partial charge in [0, 0.05) is 23.4 Å². The normalized spacial score (nSPS) is 15.3. The van der Waals surface area contributed by atoms with Gasteiger partial charge < -0.3 is 19.3 Å². The van der Waals surface area contributed by atoms with Crippen LogP contribution in [0.3, 0.4) is 0 Å². The third kappa shape index (κ3) is 7.56. The first-order valence-corrected chi connectivity index (χ1v) is 13.1. The molecule has 1 aliphatic rings. The molecule has 1 unspecified atom stereocenters. The summed E-state index contributed by atoms with van der Waals surface area (Å²) in [5.74, 6) is 0.774. The van der Waals surface area contributed by atoms with E-state index in [9.17, 15) is 13.2 Å². The smallest absolute Gasteiger partial charge is 0.304 e. The van der Waals surface area contributed by atoms with Crippen molar-refractivity contribution in [2.75, 3.05) is 31.5 Å². The van der Waals surface area contributed by atoms with Crippen molar-refractivity contribution >= 4 is 22.0 Å². The quantitative estimate of drug-likeness (QED) is 0.337. The molecule has 0 saturated heterocycles. The molecule has 9 heteroatoms. The molecule has 8 nitrogen and oxygen atoms in total. The molecular weight excluding hydrogens is 458 g/mol. The Labute approximate surface area is 200 Å². The number of benzene rings is 2. The number of aliphatic carboxylic acids is 1. The van der Waals surface area contributed by atoms with Gasteiger partial charge in [-0.15, -0.1) is 0 Å². The average molecular weight is 490 g/mol. The number of carbonyl (C=O) groups is 1. The fourth-order valence-electron chi connectivity index (χ4n) is 3.64. The van der Waals surface area contributed by atoms with Gasteiger partial charge >= 0.3 is 5.97 Å². The van der Waals surface area contributed by atoms with E-state index >= 15 is 0 Å². The number of ether oxygens (including phenoxy) is 3. The summed E-state index contributed by atoms with van der Waals surface area (Å²) in [7, 11) is -2.97. The highest BCUT2D eigenvalue weighted by molar-refractivity contribution is 7.91. The molecule has 3 rings (SSSR count). The van der Waals surface area contributed by atoms with Gasteiger partial charge in [0.1, 0.15) is 28.1 Å². The maximum Gasteiger partial charge on any atom is 0.304 e. The van der Waals surface area contributed by atoms with E-state index in [1.54, 1.807) is 13.1 Å². The minimum atomic E-state index is -2.97. The highest BCUT2D eigenvalue weighted by Gasteiger charge is 2.26. The van der Waals surface area contributed by atoms with Crippen LogP contribution in [0, 0.1) is 6.92 Å². The minimum absolute atomic E-state index is 0.0629. The summed E-state index contributed by atoms with van der Waals surface area (Å²) in [6.45, 7) is 4.92. The molecule has 0 bridgehead atoms. The third-order valence-electron chi connectivity index (χ3n) is 5.59. The molecule has 2 aromatic rings. The molecular formula is C25H31NO7S. The van der Waals surface area contributed by atoms with Crippen molar-refractivity contribution in [1.82, 2.24) is 0 Å². The van der Waals surface area contributed by atoms with Crippen LogP contribution in [0.4, 0.5) is 0 Å². The number of nitrogens with zero attached hydrogens (tertiary/aromatic N) is 1. The Kier molecular flexibility index (Phi) is 9.06. The maximum absolute atomic E-state index is 11.5. The lowest BCUT2D eigenvalue weighted by molar-refractivity contribution is -0.137. The van der Waals surface area contributed by atoms with Crippen LogP contribution in [-0.4, -0.2) is 57.2 Å². The van der Waals surface area contributed by atoms with Crippen molar-refractivity contribution in [3.63, 3.8) is 0 Å². The number of sulfone groups is 1. The number of fused-ring (bicyclic) bond motifs is 1. The van der Waals surface area contributed by atoms with E-state index in [1.165, 1.54) is 0 Å². The Bertz CT molecular complexity index is 1130. The molecule has 1 heterocycles. The van der Waals surface area contributed by atoms with E-state index in [4.69, 9.17) is 19.3 Å². The molecule has 0 aromatic heterocycles. The largest absolute Gasteiger partial charge is 0.494 e. The van der Waals surface area contributed by atoms with Gasteiger partial charge in [-0.25, -0.2) is 8.42 Å². The molecule has 184 valence electrons. The highest BCUT2D eigenvalue weighted by atomic mass is 32.2. The molecule has 0 amide bonds. The van der Waals surface area contributed by atoms with E-state index in [-0.39, 0.29) is 30.6 Å². The summed E-state index contributed by atoms with van der Waals surface area (Å²) in [4.78, 5) is 15.3. The summed E-state index contributed by atoms with van der Waals surface area (Å²) in [6.07, 6.45) is 2.28. The van der Waals surface area contributed by atoms with Crippen molar-refractivity contribution in [3.8, 4) is 11.5 Å². The predicted octanol–water partition coefficient (Wildman–Crippen LogP) is 3.74. The predicted molar refractivity (Wildman–Crippen MR) is 130 cm³/mol. The zero-order valence-electron chi connectivity index (χ0n) is 19.5. The van der Waals surface area contributed by atoms with Gasteiger partial charge in [-0.3, -0.25) is 9.79 Å². The van der Waals surface area contributed by atoms with Gasteiger partial charge in [0.2, 0.25) is 0 Å². The van der Waals surface area contributed by atoms with Crippen LogP contribution in [-0.2, 0) is 26.0 Å². The van der Waals surface area contributed by atoms with Crippen molar-refractivity contribution in [2.45, 2.75) is 39.2 Å². The van der Waals surface area contributed by atoms with Crippen LogP contribution in [0.15, 0.2) is 41.4 Å². The summed E-state index contributed by atoms with van der Waals surface area (Å²) in [6, 6.07) is 11.4. The second-order valence-electron chi connectivity index (χ2n) is 8.22. The van der Waals surface area contributed by atoms with Gasteiger partial charge in [-0.1, -0.05) is 19.1 Å². The Morgan fingerprint density at radius 3 is 2.82 bits per heavy atom. The highest BCUT2D eigenvalue weighted by Crippen LogP contribution is 2.36. The number of aryl methyl sites for hydroxylation is 1. The molecule has 0 radical (unpaired) electrons. The monoisotopic (exact) mass is 489 g/mol. The van der Waals surface area contributed by atoms with E-state index in [0.717, 1.165) is 28.0 Å². The number of carboxylic acids is 1. The second kappa shape index (κ2) is 12.0. The van der Waals surface area contributed by atoms with Crippen LogP contribution in [0.25, 0.3) is 0 Å². The van der Waals surface area contributed by atoms with Crippen molar-refractivity contribution in [1.29, 1.82) is 0 Å². The number of hydrogen-bond acceptors (Lipinski definition) is 7. The molecule has 0 spiro atoms. The first kappa shape index (κ1) is 25.7. The van der Waals surface area contributed by atoms with Crippen LogP contribution in [0.2, 0.25) is 0 Å². The van der Waals surface area contributed by atoms with Gasteiger partial charge in [0.25, 0.3) is 0 Å². The van der Waals surface area contributed by atoms with Crippen LogP contribution in [0.1, 0.15) is 47.9 Å². The standard InChI is InChI=1S/C25H31NO7S/c1-3-34(29,30)10-4-9-32-22-7-6-20(18(2)11-22)14-26-17-31-15-19-5-8-23-21(13-25(27)28)16-33-24(23)12-19/h5-8,11-12,14,21H,3-4,9-10,13,15-17H2,1-2H3,(H,27,28)/b26-14+. The molecule has 34 heavy (non-hydrogen) atoms. The molecule has 1 atom stereocenters. The third-order valence-corrected chi connectivity index (χ3v) is 7.38. The summed E-state index contributed by atoms with van der Waals surface area (Å²) in [5.41, 5.74) is 3.81. The van der Waals surface area contributed by atoms with Gasteiger partial charge in [0.15, 0.2) is 0 Å². The van der Waals surface area contributed by atoms with Crippen molar-refractivity contribution in [3.05, 3.63) is 58.7 Å². The van der Waals surface area contributed by atoms with Gasteiger partial charge in [-0.2, -0.15) is 0 Å². The fourth-order valence-corrected chi connectivity index (χ4v) is 4.48. The van der Waals surface area contributed by atoms with E-state index < -0.39 is 15.8 Å². The lowest BCUT2D eigenvalue weighted by Gasteiger charge is -2.08. The number of hydrogen-bond donors (Lipinski definition) is 1. The Morgan fingerprint density at radius 1 is 1.26 bits per heavy atom. The van der Waals surface area contributed by atoms with E-state index in [1.807, 2.05) is 43.3 Å². The first-order chi connectivity index (χ1) is 16.3. The zero-order chi connectivity index (χ0) is 24.6. The second-order valence-corrected chi connectivity index (χ2v) is 10.7. The molecule has 0 fully saturated rings. The molecule has 0 saturated carbocycles. The molecule has 0 aliphatic carbocycles. The number of rotatable bonds is 13. The topological polar surface area (TPSA) is 111 Å². The van der Waals surface area contributed by atoms with Gasteiger partial charge in [0.05, 0.1) is 32.0 Å². The van der Waals surface area contributed by atoms with Crippen LogP contribution in [0.5, 0.6) is 11.5 Å². The Hall–Kier alpha value is -2.91. The lowest BCUT2D eigenvalue weighted by Crippen LogP contribution is -2.11. The van der Waals surface area contributed by atoms with Crippen molar-refractivity contribution < 1.29 is 32.5 Å². The average Bonchev–Trinajstić information content (AvgIpc) is 3.19. The number of carboxylic acid groups (broad SMARTS) is 1. The van der Waals surface area contributed by atoms with Crippen molar-refractivity contribution in [2.24, 2.45) is 4.99 Å². The SMILES string of the molecule is CCS(=O)(=O)CCCOc1ccc(/C=N/COCc2ccc3c(c2)OCC3CC(=O)O)c(C)c1. The Balaban J connectivity index is 1.42. The summed E-state index contributed by atoms with van der Waals surface area (Å²) < 4.78 is 40.0.